The average Bonchev–Trinajstić information content (AvgIpc) is 2.95. The van der Waals surface area contributed by atoms with E-state index >= 15 is 0 Å². The van der Waals surface area contributed by atoms with Gasteiger partial charge in [0.1, 0.15) is 6.33 Å². The third-order valence-corrected chi connectivity index (χ3v) is 3.25. The number of aromatic nitrogens is 6. The molecule has 0 radical (unpaired) electrons. The molecule has 0 saturated heterocycles. The summed E-state index contributed by atoms with van der Waals surface area (Å²) in [7, 11) is 1.76. The summed E-state index contributed by atoms with van der Waals surface area (Å²) in [6, 6.07) is 0.285. The van der Waals surface area contributed by atoms with E-state index in [0.29, 0.717) is 23.0 Å². The number of hydrogen-bond donors (Lipinski definition) is 2. The van der Waals surface area contributed by atoms with Gasteiger partial charge in [-0.2, -0.15) is 19.6 Å². The van der Waals surface area contributed by atoms with Crippen molar-refractivity contribution in [1.82, 2.24) is 29.7 Å². The average molecular weight is 294 g/mol. The van der Waals surface area contributed by atoms with E-state index in [9.17, 15) is 0 Å². The van der Waals surface area contributed by atoms with Crippen molar-refractivity contribution in [3.05, 3.63) is 6.33 Å². The SMILES string of the molecule is CC[C@H](C)Nc1nc(NC)nc(-n2cnc(SC)n2)n1. The number of hydrogen-bond acceptors (Lipinski definition) is 8. The molecule has 0 saturated carbocycles. The molecule has 8 nitrogen and oxygen atoms in total. The Morgan fingerprint density at radius 1 is 1.30 bits per heavy atom. The highest BCUT2D eigenvalue weighted by atomic mass is 32.2. The van der Waals surface area contributed by atoms with E-state index in [0.717, 1.165) is 6.42 Å². The van der Waals surface area contributed by atoms with Gasteiger partial charge in [-0.15, -0.1) is 5.10 Å². The lowest BCUT2D eigenvalue weighted by molar-refractivity contribution is 0.735. The van der Waals surface area contributed by atoms with Gasteiger partial charge in [0, 0.05) is 13.1 Å². The molecule has 2 aromatic heterocycles. The van der Waals surface area contributed by atoms with Crippen molar-refractivity contribution in [2.45, 2.75) is 31.5 Å². The number of anilines is 2. The quantitative estimate of drug-likeness (QED) is 0.773. The van der Waals surface area contributed by atoms with Gasteiger partial charge >= 0.3 is 0 Å². The zero-order chi connectivity index (χ0) is 14.5. The van der Waals surface area contributed by atoms with Crippen molar-refractivity contribution in [3.8, 4) is 5.95 Å². The second-order valence-electron chi connectivity index (χ2n) is 4.16. The maximum atomic E-state index is 4.37. The highest BCUT2D eigenvalue weighted by Crippen LogP contribution is 2.12. The molecule has 2 heterocycles. The molecule has 0 fully saturated rings. The third-order valence-electron chi connectivity index (χ3n) is 2.69. The topological polar surface area (TPSA) is 93.4 Å². The first-order chi connectivity index (χ1) is 9.66. The van der Waals surface area contributed by atoms with E-state index in [1.54, 1.807) is 13.4 Å². The highest BCUT2D eigenvalue weighted by molar-refractivity contribution is 7.98. The normalized spacial score (nSPS) is 12.2. The van der Waals surface area contributed by atoms with Crippen LogP contribution in [0.5, 0.6) is 0 Å². The molecule has 9 heteroatoms. The predicted molar refractivity (Wildman–Crippen MR) is 79.4 cm³/mol. The van der Waals surface area contributed by atoms with E-state index in [1.165, 1.54) is 16.4 Å². The van der Waals surface area contributed by atoms with Crippen molar-refractivity contribution in [2.75, 3.05) is 23.9 Å². The lowest BCUT2D eigenvalue weighted by atomic mass is 10.3. The van der Waals surface area contributed by atoms with Gasteiger partial charge < -0.3 is 10.6 Å². The predicted octanol–water partition coefficient (Wildman–Crippen LogP) is 1.43. The van der Waals surface area contributed by atoms with Gasteiger partial charge in [-0.05, 0) is 19.6 Å². The molecule has 0 bridgehead atoms. The summed E-state index contributed by atoms with van der Waals surface area (Å²) >= 11 is 1.47. The lowest BCUT2D eigenvalue weighted by Gasteiger charge is -2.12. The van der Waals surface area contributed by atoms with Crippen molar-refractivity contribution in [2.24, 2.45) is 0 Å². The smallest absolute Gasteiger partial charge is 0.258 e. The van der Waals surface area contributed by atoms with Crippen LogP contribution in [0.4, 0.5) is 11.9 Å². The molecule has 1 atom stereocenters. The molecule has 2 aromatic rings. The number of nitrogens with one attached hydrogen (secondary N) is 2. The zero-order valence-corrected chi connectivity index (χ0v) is 12.8. The Balaban J connectivity index is 2.34. The van der Waals surface area contributed by atoms with Crippen LogP contribution in [-0.2, 0) is 0 Å². The van der Waals surface area contributed by atoms with Crippen molar-refractivity contribution >= 4 is 23.7 Å². The minimum Gasteiger partial charge on any atom is -0.357 e. The van der Waals surface area contributed by atoms with Crippen LogP contribution in [0, 0.1) is 0 Å². The van der Waals surface area contributed by atoms with Crippen LogP contribution in [0.2, 0.25) is 0 Å². The molecule has 2 rings (SSSR count). The van der Waals surface area contributed by atoms with Crippen molar-refractivity contribution in [3.63, 3.8) is 0 Å². The Labute approximate surface area is 121 Å². The fraction of sp³-hybridized carbons (Fsp3) is 0.545. The van der Waals surface area contributed by atoms with Crippen LogP contribution in [0.15, 0.2) is 11.5 Å². The summed E-state index contributed by atoms with van der Waals surface area (Å²) in [5, 5.41) is 11.1. The molecular weight excluding hydrogens is 276 g/mol. The van der Waals surface area contributed by atoms with E-state index in [2.05, 4.69) is 49.5 Å². The van der Waals surface area contributed by atoms with Gasteiger partial charge in [-0.1, -0.05) is 18.7 Å². The first-order valence-corrected chi connectivity index (χ1v) is 7.55. The van der Waals surface area contributed by atoms with Gasteiger partial charge in [0.25, 0.3) is 5.95 Å². The molecule has 0 aromatic carbocycles. The standard InChI is InChI=1S/C11H18N8S/c1-5-7(2)14-9-15-8(12-3)16-10(17-9)19-6-13-11(18-19)20-4/h6-7H,5H2,1-4H3,(H2,12,14,15,16,17)/t7-/m0/s1. The Hall–Kier alpha value is -1.90. The van der Waals surface area contributed by atoms with E-state index in [1.807, 2.05) is 6.26 Å². The van der Waals surface area contributed by atoms with Crippen LogP contribution in [-0.4, -0.2) is 49.1 Å². The first-order valence-electron chi connectivity index (χ1n) is 6.32. The molecule has 2 N–H and O–H groups in total. The molecular formula is C11H18N8S. The largest absolute Gasteiger partial charge is 0.357 e. The Morgan fingerprint density at radius 3 is 2.65 bits per heavy atom. The second kappa shape index (κ2) is 6.51. The highest BCUT2D eigenvalue weighted by Gasteiger charge is 2.10. The van der Waals surface area contributed by atoms with E-state index < -0.39 is 0 Å². The summed E-state index contributed by atoms with van der Waals surface area (Å²) in [5.74, 6) is 1.44. The Kier molecular flexibility index (Phi) is 4.72. The fourth-order valence-electron chi connectivity index (χ4n) is 1.40. The molecule has 0 unspecified atom stereocenters. The minimum atomic E-state index is 0.285. The number of rotatable bonds is 6. The van der Waals surface area contributed by atoms with Crippen LogP contribution in [0.1, 0.15) is 20.3 Å². The summed E-state index contributed by atoms with van der Waals surface area (Å²) in [4.78, 5) is 17.1. The molecule has 0 aliphatic heterocycles. The number of nitrogens with zero attached hydrogens (tertiary/aromatic N) is 6. The van der Waals surface area contributed by atoms with Gasteiger partial charge in [-0.3, -0.25) is 0 Å². The third kappa shape index (κ3) is 3.35. The van der Waals surface area contributed by atoms with Crippen molar-refractivity contribution < 1.29 is 0 Å². The summed E-state index contributed by atoms with van der Waals surface area (Å²) in [5.41, 5.74) is 0. The molecule has 20 heavy (non-hydrogen) atoms. The fourth-order valence-corrected chi connectivity index (χ4v) is 1.73. The summed E-state index contributed by atoms with van der Waals surface area (Å²) in [6.45, 7) is 4.17. The Morgan fingerprint density at radius 2 is 2.05 bits per heavy atom. The van der Waals surface area contributed by atoms with Crippen LogP contribution < -0.4 is 10.6 Å². The second-order valence-corrected chi connectivity index (χ2v) is 4.94. The molecule has 108 valence electrons. The van der Waals surface area contributed by atoms with Gasteiger partial charge in [0.2, 0.25) is 17.1 Å². The van der Waals surface area contributed by atoms with E-state index in [4.69, 9.17) is 0 Å². The van der Waals surface area contributed by atoms with E-state index in [-0.39, 0.29) is 6.04 Å². The van der Waals surface area contributed by atoms with Crippen LogP contribution >= 0.6 is 11.8 Å². The first kappa shape index (κ1) is 14.5. The zero-order valence-electron chi connectivity index (χ0n) is 12.0. The van der Waals surface area contributed by atoms with Crippen molar-refractivity contribution in [1.29, 1.82) is 0 Å². The Bertz CT molecular complexity index is 569. The summed E-state index contributed by atoms with van der Waals surface area (Å²) < 4.78 is 1.54. The molecule has 0 aliphatic rings. The minimum absolute atomic E-state index is 0.285. The summed E-state index contributed by atoms with van der Waals surface area (Å²) in [6.07, 6.45) is 4.49. The van der Waals surface area contributed by atoms with Crippen LogP contribution in [0.3, 0.4) is 0 Å². The monoisotopic (exact) mass is 294 g/mol. The maximum Gasteiger partial charge on any atom is 0.258 e. The molecule has 0 amide bonds. The van der Waals surface area contributed by atoms with Crippen LogP contribution in [0.25, 0.3) is 5.95 Å². The maximum absolute atomic E-state index is 4.37. The van der Waals surface area contributed by atoms with Gasteiger partial charge in [-0.25, -0.2) is 4.98 Å². The molecule has 0 spiro atoms. The molecule has 0 aliphatic carbocycles. The van der Waals surface area contributed by atoms with Gasteiger partial charge in [0.05, 0.1) is 0 Å². The van der Waals surface area contributed by atoms with Gasteiger partial charge in [0.15, 0.2) is 0 Å². The number of thioether (sulfide) groups is 1. The lowest BCUT2D eigenvalue weighted by Crippen LogP contribution is -2.18.